The number of nitrogens with one attached hydrogen (secondary N) is 1. The Hall–Kier alpha value is -2.60. The highest BCUT2D eigenvalue weighted by atomic mass is 16.5. The lowest BCUT2D eigenvalue weighted by Gasteiger charge is -2.34. The number of rotatable bonds is 5. The number of carbonyl (C=O) groups is 1. The van der Waals surface area contributed by atoms with Gasteiger partial charge in [-0.15, -0.1) is 0 Å². The lowest BCUT2D eigenvalue weighted by molar-refractivity contribution is 0.0626. The molecule has 25 heavy (non-hydrogen) atoms. The fraction of sp³-hybridized carbons (Fsp3) is 0.368. The van der Waals surface area contributed by atoms with E-state index in [0.29, 0.717) is 19.7 Å². The predicted octanol–water partition coefficient (Wildman–Crippen LogP) is 1.73. The summed E-state index contributed by atoms with van der Waals surface area (Å²) in [7, 11) is 0. The number of pyridine rings is 1. The van der Waals surface area contributed by atoms with Crippen LogP contribution in [-0.4, -0.2) is 53.5 Å². The molecule has 0 atom stereocenters. The van der Waals surface area contributed by atoms with Gasteiger partial charge < -0.3 is 14.6 Å². The molecule has 1 saturated heterocycles. The molecule has 2 aromatic rings. The molecule has 1 fully saturated rings. The highest BCUT2D eigenvalue weighted by molar-refractivity contribution is 5.93. The lowest BCUT2D eigenvalue weighted by Crippen LogP contribution is -2.49. The lowest BCUT2D eigenvalue weighted by atomic mass is 10.1. The maximum Gasteiger partial charge on any atom is 0.260 e. The van der Waals surface area contributed by atoms with Gasteiger partial charge in [-0.1, -0.05) is 12.1 Å². The van der Waals surface area contributed by atoms with E-state index in [9.17, 15) is 9.59 Å². The Morgan fingerprint density at radius 1 is 1.12 bits per heavy atom. The van der Waals surface area contributed by atoms with Crippen LogP contribution in [0.25, 0.3) is 0 Å². The van der Waals surface area contributed by atoms with Gasteiger partial charge in [0.05, 0.1) is 6.61 Å². The number of H-pyrrole nitrogens is 1. The fourth-order valence-corrected chi connectivity index (χ4v) is 2.99. The van der Waals surface area contributed by atoms with Gasteiger partial charge in [0.1, 0.15) is 11.3 Å². The minimum Gasteiger partial charge on any atom is -0.494 e. The summed E-state index contributed by atoms with van der Waals surface area (Å²) in [6.07, 6.45) is 1.54. The van der Waals surface area contributed by atoms with Gasteiger partial charge in [0, 0.05) is 38.9 Å². The Morgan fingerprint density at radius 3 is 2.48 bits per heavy atom. The highest BCUT2D eigenvalue weighted by Crippen LogP contribution is 2.15. The summed E-state index contributed by atoms with van der Waals surface area (Å²) in [6, 6.07) is 11.4. The zero-order valence-corrected chi connectivity index (χ0v) is 14.4. The van der Waals surface area contributed by atoms with Crippen molar-refractivity contribution < 1.29 is 9.53 Å². The Balaban J connectivity index is 1.54. The minimum atomic E-state index is -0.329. The van der Waals surface area contributed by atoms with Crippen LogP contribution in [0.15, 0.2) is 47.4 Å². The number of aromatic amines is 1. The first-order valence-electron chi connectivity index (χ1n) is 8.58. The first-order chi connectivity index (χ1) is 12.2. The van der Waals surface area contributed by atoms with Gasteiger partial charge in [0.25, 0.3) is 11.5 Å². The van der Waals surface area contributed by atoms with Crippen LogP contribution in [0.2, 0.25) is 0 Å². The summed E-state index contributed by atoms with van der Waals surface area (Å²) in [5, 5.41) is 0. The molecule has 0 unspecified atom stereocenters. The van der Waals surface area contributed by atoms with E-state index in [1.165, 1.54) is 11.8 Å². The first-order valence-corrected chi connectivity index (χ1v) is 8.58. The molecule has 0 aliphatic carbocycles. The molecule has 1 aromatic heterocycles. The van der Waals surface area contributed by atoms with E-state index < -0.39 is 0 Å². The standard InChI is InChI=1S/C19H23N3O3/c1-2-25-16-7-5-15(6-8-16)14-21-10-12-22(13-11-21)19(24)17-4-3-9-20-18(17)23/h3-9H,2,10-14H2,1H3,(H,20,23). The molecule has 1 aliphatic heterocycles. The van der Waals surface area contributed by atoms with Crippen molar-refractivity contribution in [3.63, 3.8) is 0 Å². The number of hydrogen-bond donors (Lipinski definition) is 1. The molecular formula is C19H23N3O3. The van der Waals surface area contributed by atoms with Crippen molar-refractivity contribution in [2.75, 3.05) is 32.8 Å². The second kappa shape index (κ2) is 7.98. The molecule has 1 N–H and O–H groups in total. The number of amides is 1. The average molecular weight is 341 g/mol. The normalized spacial score (nSPS) is 15.2. The summed E-state index contributed by atoms with van der Waals surface area (Å²) in [4.78, 5) is 30.8. The van der Waals surface area contributed by atoms with Crippen LogP contribution in [0.3, 0.4) is 0 Å². The third kappa shape index (κ3) is 4.28. The highest BCUT2D eigenvalue weighted by Gasteiger charge is 2.23. The zero-order chi connectivity index (χ0) is 17.6. The Kier molecular flexibility index (Phi) is 5.50. The molecule has 132 valence electrons. The van der Waals surface area contributed by atoms with Gasteiger partial charge in [-0.2, -0.15) is 0 Å². The van der Waals surface area contributed by atoms with Crippen LogP contribution in [0.1, 0.15) is 22.8 Å². The van der Waals surface area contributed by atoms with Crippen molar-refractivity contribution >= 4 is 5.91 Å². The summed E-state index contributed by atoms with van der Waals surface area (Å²) in [6.45, 7) is 6.33. The number of hydrogen-bond acceptors (Lipinski definition) is 4. The molecule has 3 rings (SSSR count). The van der Waals surface area contributed by atoms with E-state index in [2.05, 4.69) is 22.0 Å². The van der Waals surface area contributed by atoms with Crippen LogP contribution in [0.4, 0.5) is 0 Å². The Labute approximate surface area is 147 Å². The fourth-order valence-electron chi connectivity index (χ4n) is 2.99. The summed E-state index contributed by atoms with van der Waals surface area (Å²) < 4.78 is 5.46. The van der Waals surface area contributed by atoms with Crippen molar-refractivity contribution in [2.24, 2.45) is 0 Å². The largest absolute Gasteiger partial charge is 0.494 e. The van der Waals surface area contributed by atoms with Crippen molar-refractivity contribution in [3.05, 3.63) is 64.1 Å². The Bertz CT molecular complexity index is 762. The van der Waals surface area contributed by atoms with E-state index in [1.807, 2.05) is 19.1 Å². The summed E-state index contributed by atoms with van der Waals surface area (Å²) in [5.74, 6) is 0.692. The number of piperazine rings is 1. The number of nitrogens with zero attached hydrogens (tertiary/aromatic N) is 2. The van der Waals surface area contributed by atoms with Crippen LogP contribution in [0, 0.1) is 0 Å². The second-order valence-corrected chi connectivity index (χ2v) is 6.06. The summed E-state index contributed by atoms with van der Waals surface area (Å²) >= 11 is 0. The van der Waals surface area contributed by atoms with Crippen molar-refractivity contribution in [2.45, 2.75) is 13.5 Å². The SMILES string of the molecule is CCOc1ccc(CN2CCN(C(=O)c3ccc[nH]c3=O)CC2)cc1. The number of carbonyl (C=O) groups excluding carboxylic acids is 1. The van der Waals surface area contributed by atoms with Crippen LogP contribution in [-0.2, 0) is 6.54 Å². The van der Waals surface area contributed by atoms with Crippen LogP contribution < -0.4 is 10.3 Å². The van der Waals surface area contributed by atoms with Gasteiger partial charge in [-0.3, -0.25) is 14.5 Å². The van der Waals surface area contributed by atoms with Gasteiger partial charge in [-0.05, 0) is 36.8 Å². The van der Waals surface area contributed by atoms with Crippen LogP contribution >= 0.6 is 0 Å². The van der Waals surface area contributed by atoms with Gasteiger partial charge in [0.15, 0.2) is 0 Å². The third-order valence-electron chi connectivity index (χ3n) is 4.35. The van der Waals surface area contributed by atoms with Gasteiger partial charge in [-0.25, -0.2) is 0 Å². The third-order valence-corrected chi connectivity index (χ3v) is 4.35. The number of ether oxygens (including phenoxy) is 1. The predicted molar refractivity (Wildman–Crippen MR) is 95.9 cm³/mol. The topological polar surface area (TPSA) is 65.6 Å². The number of benzene rings is 1. The molecule has 0 radical (unpaired) electrons. The molecule has 2 heterocycles. The molecule has 1 aliphatic rings. The molecule has 1 amide bonds. The van der Waals surface area contributed by atoms with E-state index in [0.717, 1.165) is 25.4 Å². The Morgan fingerprint density at radius 2 is 1.84 bits per heavy atom. The van der Waals surface area contributed by atoms with Gasteiger partial charge in [0.2, 0.25) is 0 Å². The molecule has 6 nitrogen and oxygen atoms in total. The molecule has 0 spiro atoms. The minimum absolute atomic E-state index is 0.192. The first kappa shape index (κ1) is 17.2. The summed E-state index contributed by atoms with van der Waals surface area (Å²) in [5.41, 5.74) is 1.11. The molecule has 1 aromatic carbocycles. The van der Waals surface area contributed by atoms with E-state index in [4.69, 9.17) is 4.74 Å². The molecule has 0 bridgehead atoms. The van der Waals surface area contributed by atoms with Gasteiger partial charge >= 0.3 is 0 Å². The van der Waals surface area contributed by atoms with E-state index >= 15 is 0 Å². The zero-order valence-electron chi connectivity index (χ0n) is 14.4. The number of aromatic nitrogens is 1. The quantitative estimate of drug-likeness (QED) is 0.899. The molecule has 0 saturated carbocycles. The van der Waals surface area contributed by atoms with Crippen molar-refractivity contribution in [1.29, 1.82) is 0 Å². The van der Waals surface area contributed by atoms with E-state index in [1.54, 1.807) is 17.0 Å². The van der Waals surface area contributed by atoms with E-state index in [-0.39, 0.29) is 17.0 Å². The molecular weight excluding hydrogens is 318 g/mol. The van der Waals surface area contributed by atoms with Crippen molar-refractivity contribution in [3.8, 4) is 5.75 Å². The monoisotopic (exact) mass is 341 g/mol. The average Bonchev–Trinajstić information content (AvgIpc) is 2.64. The molecule has 6 heteroatoms. The maximum atomic E-state index is 12.5. The van der Waals surface area contributed by atoms with Crippen molar-refractivity contribution in [1.82, 2.24) is 14.8 Å². The van der Waals surface area contributed by atoms with Crippen LogP contribution in [0.5, 0.6) is 5.75 Å². The maximum absolute atomic E-state index is 12.5. The second-order valence-electron chi connectivity index (χ2n) is 6.06. The smallest absolute Gasteiger partial charge is 0.260 e.